The Hall–Kier alpha value is -7.69. The Morgan fingerprint density at radius 1 is 0.448 bits per heavy atom. The van der Waals surface area contributed by atoms with Gasteiger partial charge in [-0.3, -0.25) is 0 Å². The molecule has 9 aromatic rings. The van der Waals surface area contributed by atoms with Gasteiger partial charge in [0.05, 0.1) is 11.0 Å². The minimum Gasteiger partial charge on any atom is -0.309 e. The topological polar surface area (TPSA) is 43.6 Å². The Bertz CT molecular complexity index is 3000. The van der Waals surface area contributed by atoms with Gasteiger partial charge in [0, 0.05) is 33.2 Å². The van der Waals surface area contributed by atoms with Gasteiger partial charge in [0.15, 0.2) is 17.5 Å². The van der Waals surface area contributed by atoms with Gasteiger partial charge in [-0.2, -0.15) is 0 Å². The number of hydrogen-bond acceptors (Lipinski definition) is 3. The van der Waals surface area contributed by atoms with E-state index in [0.717, 1.165) is 39.9 Å². The number of fused-ring (bicyclic) bond motifs is 4. The maximum atomic E-state index is 5.01. The fourth-order valence-electron chi connectivity index (χ4n) is 8.23. The molecule has 2 heterocycles. The molecule has 4 nitrogen and oxygen atoms in total. The smallest absolute Gasteiger partial charge is 0.164 e. The summed E-state index contributed by atoms with van der Waals surface area (Å²) in [5.74, 6) is 1.92. The molecule has 4 heteroatoms. The third-order valence-corrected chi connectivity index (χ3v) is 10.9. The lowest BCUT2D eigenvalue weighted by Gasteiger charge is -2.27. The zero-order chi connectivity index (χ0) is 38.8. The van der Waals surface area contributed by atoms with Gasteiger partial charge >= 0.3 is 0 Å². The van der Waals surface area contributed by atoms with Crippen LogP contribution >= 0.6 is 0 Å². The molecule has 0 saturated heterocycles. The fourth-order valence-corrected chi connectivity index (χ4v) is 8.23. The maximum Gasteiger partial charge on any atom is 0.164 e. The first-order chi connectivity index (χ1) is 28.7. The van der Waals surface area contributed by atoms with Crippen molar-refractivity contribution in [3.8, 4) is 39.9 Å². The molecule has 0 radical (unpaired) electrons. The molecule has 274 valence electrons. The molecular formula is C54H38N4. The quantitative estimate of drug-likeness (QED) is 0.146. The molecule has 0 unspecified atom stereocenters. The summed E-state index contributed by atoms with van der Waals surface area (Å²) in [5, 5.41) is 2.46. The van der Waals surface area contributed by atoms with Crippen molar-refractivity contribution in [2.24, 2.45) is 0 Å². The van der Waals surface area contributed by atoms with Crippen molar-refractivity contribution in [2.45, 2.75) is 6.42 Å². The van der Waals surface area contributed by atoms with Gasteiger partial charge in [0.1, 0.15) is 0 Å². The van der Waals surface area contributed by atoms with Crippen molar-refractivity contribution in [2.75, 3.05) is 0 Å². The number of hydrogen-bond donors (Lipinski definition) is 0. The van der Waals surface area contributed by atoms with Crippen LogP contribution in [0.5, 0.6) is 0 Å². The lowest BCUT2D eigenvalue weighted by molar-refractivity contribution is 1.07. The van der Waals surface area contributed by atoms with Crippen molar-refractivity contribution in [3.05, 3.63) is 241 Å². The molecular weight excluding hydrogens is 705 g/mol. The van der Waals surface area contributed by atoms with E-state index in [1.807, 2.05) is 72.8 Å². The van der Waals surface area contributed by atoms with E-state index in [1.165, 1.54) is 49.7 Å². The number of para-hydroxylation sites is 2. The molecule has 0 amide bonds. The van der Waals surface area contributed by atoms with E-state index in [4.69, 9.17) is 15.0 Å². The van der Waals surface area contributed by atoms with Gasteiger partial charge in [-0.1, -0.05) is 189 Å². The molecule has 1 aliphatic rings. The van der Waals surface area contributed by atoms with Gasteiger partial charge in [-0.25, -0.2) is 15.0 Å². The van der Waals surface area contributed by atoms with Crippen LogP contribution in [-0.4, -0.2) is 19.5 Å². The van der Waals surface area contributed by atoms with Crippen LogP contribution < -0.4 is 0 Å². The van der Waals surface area contributed by atoms with Crippen LogP contribution in [0.15, 0.2) is 218 Å². The Kier molecular flexibility index (Phi) is 9.05. The highest BCUT2D eigenvalue weighted by molar-refractivity contribution is 6.12. The molecule has 2 aromatic heterocycles. The second-order valence-electron chi connectivity index (χ2n) is 14.4. The van der Waals surface area contributed by atoms with Crippen LogP contribution in [0.4, 0.5) is 0 Å². The molecule has 0 fully saturated rings. The first-order valence-corrected chi connectivity index (χ1v) is 19.6. The summed E-state index contributed by atoms with van der Waals surface area (Å²) in [4.78, 5) is 14.9. The van der Waals surface area contributed by atoms with E-state index >= 15 is 0 Å². The van der Waals surface area contributed by atoms with Gasteiger partial charge in [-0.15, -0.1) is 0 Å². The average Bonchev–Trinajstić information content (AvgIpc) is 3.63. The summed E-state index contributed by atoms with van der Waals surface area (Å²) < 4.78 is 2.39. The molecule has 10 rings (SSSR count). The fraction of sp³-hybridized carbons (Fsp3) is 0.0185. The van der Waals surface area contributed by atoms with E-state index in [1.54, 1.807) is 0 Å². The molecule has 0 aliphatic heterocycles. The predicted octanol–water partition coefficient (Wildman–Crippen LogP) is 13.2. The molecule has 0 bridgehead atoms. The minimum absolute atomic E-state index is 0.631. The highest BCUT2D eigenvalue weighted by atomic mass is 15.0. The Morgan fingerprint density at radius 3 is 1.66 bits per heavy atom. The van der Waals surface area contributed by atoms with Gasteiger partial charge in [0.2, 0.25) is 0 Å². The Labute approximate surface area is 338 Å². The molecule has 1 aliphatic carbocycles. The Morgan fingerprint density at radius 2 is 0.983 bits per heavy atom. The summed E-state index contributed by atoms with van der Waals surface area (Å²) in [7, 11) is 0. The minimum atomic E-state index is 0.631. The first kappa shape index (κ1) is 34.8. The van der Waals surface area contributed by atoms with Crippen molar-refractivity contribution >= 4 is 33.0 Å². The lowest BCUT2D eigenvalue weighted by Crippen LogP contribution is -2.09. The van der Waals surface area contributed by atoms with Crippen molar-refractivity contribution in [3.63, 3.8) is 0 Å². The summed E-state index contributed by atoms with van der Waals surface area (Å²) in [6, 6.07) is 64.1. The zero-order valence-corrected chi connectivity index (χ0v) is 31.8. The van der Waals surface area contributed by atoms with Gasteiger partial charge in [0.25, 0.3) is 0 Å². The summed E-state index contributed by atoms with van der Waals surface area (Å²) in [5.41, 5.74) is 14.8. The first-order valence-electron chi connectivity index (χ1n) is 19.6. The van der Waals surface area contributed by atoms with Crippen LogP contribution in [0.25, 0.3) is 72.8 Å². The van der Waals surface area contributed by atoms with Crippen LogP contribution in [0.2, 0.25) is 0 Å². The van der Waals surface area contributed by atoms with Crippen LogP contribution in [0.1, 0.15) is 22.3 Å². The highest BCUT2D eigenvalue weighted by Crippen LogP contribution is 2.45. The van der Waals surface area contributed by atoms with Crippen LogP contribution in [-0.2, 0) is 6.42 Å². The number of aromatic nitrogens is 4. The third-order valence-electron chi connectivity index (χ3n) is 10.9. The lowest BCUT2D eigenvalue weighted by atomic mass is 9.76. The van der Waals surface area contributed by atoms with E-state index in [-0.39, 0.29) is 0 Å². The van der Waals surface area contributed by atoms with Gasteiger partial charge < -0.3 is 4.57 Å². The predicted molar refractivity (Wildman–Crippen MR) is 240 cm³/mol. The molecule has 58 heavy (non-hydrogen) atoms. The molecule has 0 atom stereocenters. The zero-order valence-electron chi connectivity index (χ0n) is 31.8. The second-order valence-corrected chi connectivity index (χ2v) is 14.4. The van der Waals surface area contributed by atoms with Crippen molar-refractivity contribution in [1.82, 2.24) is 19.5 Å². The number of benzene rings is 7. The van der Waals surface area contributed by atoms with E-state index < -0.39 is 0 Å². The largest absolute Gasteiger partial charge is 0.309 e. The SMILES string of the molecule is C=C/C=C\C=C1/Cc2ccccc2C(c2ccc(-c3nc(-c4ccccc4)nc(-c4ccccc4)n3)cc2)=C1c1ccc2c3ccccc3n(-c3ccccc3)c2c1. The van der Waals surface area contributed by atoms with E-state index in [2.05, 4.69) is 145 Å². The monoisotopic (exact) mass is 742 g/mol. The highest BCUT2D eigenvalue weighted by Gasteiger charge is 2.26. The molecule has 0 N–H and O–H groups in total. The van der Waals surface area contributed by atoms with E-state index in [9.17, 15) is 0 Å². The summed E-state index contributed by atoms with van der Waals surface area (Å²) in [6.07, 6.45) is 8.99. The van der Waals surface area contributed by atoms with Crippen LogP contribution in [0, 0.1) is 0 Å². The normalized spacial score (nSPS) is 13.4. The molecule has 0 spiro atoms. The van der Waals surface area contributed by atoms with Gasteiger partial charge in [-0.05, 0) is 69.7 Å². The number of allylic oxidation sites excluding steroid dienone is 6. The summed E-state index contributed by atoms with van der Waals surface area (Å²) >= 11 is 0. The maximum absolute atomic E-state index is 5.01. The third kappa shape index (κ3) is 6.37. The van der Waals surface area contributed by atoms with Crippen LogP contribution in [0.3, 0.4) is 0 Å². The standard InChI is InChI=1S/C54H38N4/c1-2-3-7-23-42-35-41-22-14-15-26-45(41)51(50(42)43-33-34-47-46-27-16-17-28-48(46)58(49(47)36-43)44-24-12-6-13-25-44)37-29-31-40(32-30-37)54-56-52(38-18-8-4-9-19-38)55-53(57-54)39-20-10-5-11-21-39/h2-34,36H,1,35H2/b7-3-,42-23+. The summed E-state index contributed by atoms with van der Waals surface area (Å²) in [6.45, 7) is 3.95. The molecule has 0 saturated carbocycles. The Balaban J connectivity index is 1.18. The average molecular weight is 743 g/mol. The van der Waals surface area contributed by atoms with Crippen molar-refractivity contribution in [1.29, 1.82) is 0 Å². The van der Waals surface area contributed by atoms with E-state index in [0.29, 0.717) is 17.5 Å². The molecule has 7 aromatic carbocycles. The number of rotatable bonds is 8. The second kappa shape index (κ2) is 15.1. The number of nitrogens with zero attached hydrogens (tertiary/aromatic N) is 4. The van der Waals surface area contributed by atoms with Crippen molar-refractivity contribution < 1.29 is 0 Å².